The number of benzene rings is 2. The van der Waals surface area contributed by atoms with E-state index in [1.165, 1.54) is 4.90 Å². The molecule has 4 rings (SSSR count). The van der Waals surface area contributed by atoms with Gasteiger partial charge in [-0.25, -0.2) is 0 Å². The third-order valence-corrected chi connectivity index (χ3v) is 7.68. The van der Waals surface area contributed by atoms with Crippen LogP contribution in [0.1, 0.15) is 78.1 Å². The van der Waals surface area contributed by atoms with Crippen molar-refractivity contribution in [2.24, 2.45) is 0 Å². The summed E-state index contributed by atoms with van der Waals surface area (Å²) in [5, 5.41) is 4.02. The first-order chi connectivity index (χ1) is 17.8. The molecule has 1 aliphatic carbocycles. The van der Waals surface area contributed by atoms with Gasteiger partial charge in [0.05, 0.1) is 11.1 Å². The summed E-state index contributed by atoms with van der Waals surface area (Å²) in [5.74, 6) is -1.11. The van der Waals surface area contributed by atoms with Crippen LogP contribution in [0.25, 0.3) is 0 Å². The van der Waals surface area contributed by atoms with Crippen molar-refractivity contribution < 1.29 is 19.2 Å². The highest BCUT2D eigenvalue weighted by molar-refractivity contribution is 6.35. The average Bonchev–Trinajstić information content (AvgIpc) is 3.47. The topological polar surface area (TPSA) is 86.8 Å². The number of hydrogen-bond acceptors (Lipinski definition) is 4. The summed E-state index contributed by atoms with van der Waals surface area (Å²) >= 11 is 12.5. The van der Waals surface area contributed by atoms with Crippen LogP contribution in [0.15, 0.2) is 42.5 Å². The number of imide groups is 1. The Balaban J connectivity index is 1.46. The summed E-state index contributed by atoms with van der Waals surface area (Å²) in [6.45, 7) is 2.15. The second-order valence-electron chi connectivity index (χ2n) is 9.58. The molecule has 37 heavy (non-hydrogen) atoms. The van der Waals surface area contributed by atoms with Gasteiger partial charge in [0.2, 0.25) is 11.8 Å². The fourth-order valence-corrected chi connectivity index (χ4v) is 5.56. The first-order valence-electron chi connectivity index (χ1n) is 12.8. The van der Waals surface area contributed by atoms with Crippen molar-refractivity contribution >= 4 is 46.8 Å². The van der Waals surface area contributed by atoms with Crippen molar-refractivity contribution in [1.29, 1.82) is 0 Å². The van der Waals surface area contributed by atoms with Gasteiger partial charge in [0.15, 0.2) is 0 Å². The van der Waals surface area contributed by atoms with E-state index in [0.29, 0.717) is 33.2 Å². The molecule has 1 heterocycles. The first kappa shape index (κ1) is 27.1. The molecule has 4 amide bonds. The molecule has 0 bridgehead atoms. The molecule has 7 nitrogen and oxygen atoms in total. The minimum atomic E-state index is -0.667. The Morgan fingerprint density at radius 2 is 1.70 bits per heavy atom. The molecule has 2 aromatic rings. The molecule has 0 aromatic heterocycles. The van der Waals surface area contributed by atoms with Crippen LogP contribution in [0.4, 0.5) is 0 Å². The zero-order chi connectivity index (χ0) is 26.5. The molecule has 1 N–H and O–H groups in total. The number of amides is 4. The Morgan fingerprint density at radius 1 is 1.05 bits per heavy atom. The summed E-state index contributed by atoms with van der Waals surface area (Å²) in [7, 11) is 0. The molecule has 0 saturated heterocycles. The second-order valence-corrected chi connectivity index (χ2v) is 10.4. The van der Waals surface area contributed by atoms with Crippen molar-refractivity contribution in [3.8, 4) is 0 Å². The van der Waals surface area contributed by atoms with Gasteiger partial charge in [-0.05, 0) is 55.5 Å². The van der Waals surface area contributed by atoms with Crippen LogP contribution in [-0.4, -0.2) is 52.1 Å². The van der Waals surface area contributed by atoms with Crippen LogP contribution in [0.5, 0.6) is 0 Å². The lowest BCUT2D eigenvalue weighted by atomic mass is 10.1. The molecular formula is C28H31Cl2N3O4. The SMILES string of the molecule is CC[C@@H](C(=O)NC1CCCC1)N(Cc1ccc(Cl)cc1Cl)C(=O)CCCN1C(=O)c2ccccc2C1=O. The molecule has 0 radical (unpaired) electrons. The summed E-state index contributed by atoms with van der Waals surface area (Å²) in [4.78, 5) is 54.8. The zero-order valence-corrected chi connectivity index (χ0v) is 22.4. The van der Waals surface area contributed by atoms with Gasteiger partial charge in [0, 0.05) is 35.6 Å². The number of nitrogens with zero attached hydrogens (tertiary/aromatic N) is 2. The van der Waals surface area contributed by atoms with E-state index in [2.05, 4.69) is 5.32 Å². The molecule has 1 saturated carbocycles. The van der Waals surface area contributed by atoms with Crippen LogP contribution in [0.2, 0.25) is 10.0 Å². The number of carbonyl (C=O) groups is 4. The summed E-state index contributed by atoms with van der Waals surface area (Å²) in [6, 6.07) is 11.2. The summed E-state index contributed by atoms with van der Waals surface area (Å²) in [6.07, 6.45) is 4.86. The number of hydrogen-bond donors (Lipinski definition) is 1. The smallest absolute Gasteiger partial charge is 0.261 e. The number of fused-ring (bicyclic) bond motifs is 1. The number of halogens is 2. The van der Waals surface area contributed by atoms with Gasteiger partial charge in [-0.15, -0.1) is 0 Å². The molecule has 9 heteroatoms. The highest BCUT2D eigenvalue weighted by atomic mass is 35.5. The van der Waals surface area contributed by atoms with Gasteiger partial charge in [-0.3, -0.25) is 24.1 Å². The normalized spacial score (nSPS) is 16.1. The fourth-order valence-electron chi connectivity index (χ4n) is 5.09. The molecule has 1 aliphatic heterocycles. The van der Waals surface area contributed by atoms with E-state index in [-0.39, 0.29) is 55.6 Å². The van der Waals surface area contributed by atoms with E-state index in [1.807, 2.05) is 6.92 Å². The second kappa shape index (κ2) is 12.1. The maximum absolute atomic E-state index is 13.5. The number of carbonyl (C=O) groups excluding carboxylic acids is 4. The lowest BCUT2D eigenvalue weighted by molar-refractivity contribution is -0.141. The Hall–Kier alpha value is -2.90. The van der Waals surface area contributed by atoms with Gasteiger partial charge in [0.1, 0.15) is 6.04 Å². The quantitative estimate of drug-likeness (QED) is 0.415. The highest BCUT2D eigenvalue weighted by Crippen LogP contribution is 2.26. The van der Waals surface area contributed by atoms with E-state index in [9.17, 15) is 19.2 Å². The Labute approximate surface area is 227 Å². The molecule has 0 spiro atoms. The van der Waals surface area contributed by atoms with E-state index >= 15 is 0 Å². The molecule has 1 atom stereocenters. The van der Waals surface area contributed by atoms with E-state index < -0.39 is 6.04 Å². The molecule has 2 aliphatic rings. The molecule has 196 valence electrons. The lowest BCUT2D eigenvalue weighted by Crippen LogP contribution is -2.51. The summed E-state index contributed by atoms with van der Waals surface area (Å²) < 4.78 is 0. The zero-order valence-electron chi connectivity index (χ0n) is 20.8. The van der Waals surface area contributed by atoms with Crippen molar-refractivity contribution in [2.75, 3.05) is 6.54 Å². The largest absolute Gasteiger partial charge is 0.352 e. The molecule has 0 unspecified atom stereocenters. The monoisotopic (exact) mass is 543 g/mol. The summed E-state index contributed by atoms with van der Waals surface area (Å²) in [5.41, 5.74) is 1.45. The average molecular weight is 544 g/mol. The Bertz CT molecular complexity index is 1160. The third kappa shape index (κ3) is 6.16. The van der Waals surface area contributed by atoms with Crippen molar-refractivity contribution in [3.63, 3.8) is 0 Å². The predicted molar refractivity (Wildman–Crippen MR) is 143 cm³/mol. The van der Waals surface area contributed by atoms with Crippen LogP contribution in [0.3, 0.4) is 0 Å². The van der Waals surface area contributed by atoms with Gasteiger partial charge in [-0.1, -0.05) is 61.2 Å². The number of nitrogens with one attached hydrogen (secondary N) is 1. The maximum atomic E-state index is 13.5. The molecular weight excluding hydrogens is 513 g/mol. The van der Waals surface area contributed by atoms with E-state index in [1.54, 1.807) is 47.4 Å². The van der Waals surface area contributed by atoms with Crippen LogP contribution >= 0.6 is 23.2 Å². The van der Waals surface area contributed by atoms with Gasteiger partial charge < -0.3 is 10.2 Å². The first-order valence-corrected chi connectivity index (χ1v) is 13.5. The van der Waals surface area contributed by atoms with Crippen LogP contribution in [-0.2, 0) is 16.1 Å². The minimum Gasteiger partial charge on any atom is -0.352 e. The van der Waals surface area contributed by atoms with Crippen molar-refractivity contribution in [1.82, 2.24) is 15.1 Å². The maximum Gasteiger partial charge on any atom is 0.261 e. The third-order valence-electron chi connectivity index (χ3n) is 7.09. The lowest BCUT2D eigenvalue weighted by Gasteiger charge is -2.32. The van der Waals surface area contributed by atoms with Gasteiger partial charge in [0.25, 0.3) is 11.8 Å². The van der Waals surface area contributed by atoms with Crippen molar-refractivity contribution in [2.45, 2.75) is 70.5 Å². The predicted octanol–water partition coefficient (Wildman–Crippen LogP) is 5.24. The molecule has 2 aromatic carbocycles. The van der Waals surface area contributed by atoms with Crippen LogP contribution in [0, 0.1) is 0 Å². The Kier molecular flexibility index (Phi) is 8.87. The van der Waals surface area contributed by atoms with Gasteiger partial charge in [-0.2, -0.15) is 0 Å². The minimum absolute atomic E-state index is 0.0752. The molecule has 1 fully saturated rings. The van der Waals surface area contributed by atoms with Crippen molar-refractivity contribution in [3.05, 3.63) is 69.2 Å². The standard InChI is InChI=1S/C28H31Cl2N3O4/c1-2-24(26(35)31-20-8-3-4-9-20)33(17-18-13-14-19(29)16-23(18)30)25(34)12-7-15-32-27(36)21-10-5-6-11-22(21)28(32)37/h5-6,10-11,13-14,16,20,24H,2-4,7-9,12,15,17H2,1H3,(H,31,35)/t24-/m0/s1. The Morgan fingerprint density at radius 3 is 2.30 bits per heavy atom. The fraction of sp³-hybridized carbons (Fsp3) is 0.429. The van der Waals surface area contributed by atoms with E-state index in [4.69, 9.17) is 23.2 Å². The van der Waals surface area contributed by atoms with E-state index in [0.717, 1.165) is 25.7 Å². The highest BCUT2D eigenvalue weighted by Gasteiger charge is 2.35. The van der Waals surface area contributed by atoms with Crippen LogP contribution < -0.4 is 5.32 Å². The van der Waals surface area contributed by atoms with Gasteiger partial charge >= 0.3 is 0 Å². The number of rotatable bonds is 10.